The third-order valence-electron chi connectivity index (χ3n) is 3.17. The van der Waals surface area contributed by atoms with Crippen LogP contribution in [0, 0.1) is 0 Å². The largest absolute Gasteiger partial charge is 0.434 e. The summed E-state index contributed by atoms with van der Waals surface area (Å²) in [6, 6.07) is 4.84. The van der Waals surface area contributed by atoms with Crippen LogP contribution < -0.4 is 10.1 Å². The molecule has 1 saturated heterocycles. The van der Waals surface area contributed by atoms with Crippen LogP contribution in [0.3, 0.4) is 0 Å². The zero-order chi connectivity index (χ0) is 13.8. The lowest BCUT2D eigenvalue weighted by atomic mass is 10.1. The van der Waals surface area contributed by atoms with E-state index in [-0.39, 0.29) is 17.9 Å². The van der Waals surface area contributed by atoms with Crippen LogP contribution in [0.15, 0.2) is 18.2 Å². The Morgan fingerprint density at radius 3 is 2.95 bits per heavy atom. The molecular weight excluding hydrogens is 276 g/mol. The van der Waals surface area contributed by atoms with E-state index < -0.39 is 6.61 Å². The summed E-state index contributed by atoms with van der Waals surface area (Å²) in [5.74, 6) is 0.151. The average Bonchev–Trinajstić information content (AvgIpc) is 2.75. The lowest BCUT2D eigenvalue weighted by Crippen LogP contribution is -2.34. The highest BCUT2D eigenvalue weighted by atomic mass is 35.5. The fraction of sp³-hybridized carbons (Fsp3) is 0.538. The lowest BCUT2D eigenvalue weighted by Gasteiger charge is -2.17. The molecule has 0 saturated carbocycles. The van der Waals surface area contributed by atoms with E-state index in [1.165, 1.54) is 12.1 Å². The van der Waals surface area contributed by atoms with E-state index in [1.54, 1.807) is 6.07 Å². The van der Waals surface area contributed by atoms with Gasteiger partial charge in [0.1, 0.15) is 5.75 Å². The first kappa shape index (κ1) is 14.5. The van der Waals surface area contributed by atoms with Gasteiger partial charge in [0.15, 0.2) is 0 Å². The summed E-state index contributed by atoms with van der Waals surface area (Å²) in [6.07, 6.45) is 1.03. The van der Waals surface area contributed by atoms with Gasteiger partial charge in [0.2, 0.25) is 0 Å². The standard InChI is InChI=1S/C13H16ClF2NO2/c1-8-11(4-5-18-8)17-7-9-6-10(14)2-3-12(9)19-13(15)16/h2-3,6,8,11,13,17H,4-5,7H2,1H3. The fourth-order valence-corrected chi connectivity index (χ4v) is 2.33. The molecule has 2 rings (SSSR count). The maximum Gasteiger partial charge on any atom is 0.387 e. The van der Waals surface area contributed by atoms with Crippen LogP contribution in [-0.4, -0.2) is 25.4 Å². The van der Waals surface area contributed by atoms with E-state index in [4.69, 9.17) is 16.3 Å². The van der Waals surface area contributed by atoms with E-state index >= 15 is 0 Å². The molecule has 1 aromatic carbocycles. The summed E-state index contributed by atoms with van der Waals surface area (Å²) in [5.41, 5.74) is 0.618. The molecule has 1 N–H and O–H groups in total. The average molecular weight is 292 g/mol. The maximum absolute atomic E-state index is 12.3. The highest BCUT2D eigenvalue weighted by Gasteiger charge is 2.23. The first-order chi connectivity index (χ1) is 9.06. The molecule has 2 atom stereocenters. The Morgan fingerprint density at radius 2 is 2.32 bits per heavy atom. The summed E-state index contributed by atoms with van der Waals surface area (Å²) in [7, 11) is 0. The van der Waals surface area contributed by atoms with Crippen LogP contribution >= 0.6 is 11.6 Å². The molecule has 2 unspecified atom stereocenters. The van der Waals surface area contributed by atoms with Gasteiger partial charge >= 0.3 is 6.61 Å². The SMILES string of the molecule is CC1OCCC1NCc1cc(Cl)ccc1OC(F)F. The van der Waals surface area contributed by atoms with Gasteiger partial charge in [-0.25, -0.2) is 0 Å². The molecule has 0 amide bonds. The van der Waals surface area contributed by atoms with Crippen LogP contribution in [0.2, 0.25) is 5.02 Å². The van der Waals surface area contributed by atoms with Crippen LogP contribution in [-0.2, 0) is 11.3 Å². The van der Waals surface area contributed by atoms with Crippen LogP contribution in [0.5, 0.6) is 5.75 Å². The molecule has 0 aliphatic carbocycles. The van der Waals surface area contributed by atoms with Gasteiger partial charge in [-0.15, -0.1) is 0 Å². The van der Waals surface area contributed by atoms with E-state index in [0.29, 0.717) is 17.1 Å². The minimum absolute atomic E-state index is 0.124. The van der Waals surface area contributed by atoms with Crippen molar-refractivity contribution < 1.29 is 18.3 Å². The number of alkyl halides is 2. The van der Waals surface area contributed by atoms with E-state index in [9.17, 15) is 8.78 Å². The molecule has 19 heavy (non-hydrogen) atoms. The monoisotopic (exact) mass is 291 g/mol. The third-order valence-corrected chi connectivity index (χ3v) is 3.40. The van der Waals surface area contributed by atoms with Crippen molar-refractivity contribution in [3.8, 4) is 5.75 Å². The number of hydrogen-bond acceptors (Lipinski definition) is 3. The zero-order valence-electron chi connectivity index (χ0n) is 10.5. The van der Waals surface area contributed by atoms with Crippen molar-refractivity contribution in [2.24, 2.45) is 0 Å². The van der Waals surface area contributed by atoms with E-state index in [2.05, 4.69) is 10.1 Å². The molecule has 0 bridgehead atoms. The first-order valence-corrected chi connectivity index (χ1v) is 6.52. The Balaban J connectivity index is 2.03. The minimum Gasteiger partial charge on any atom is -0.434 e. The van der Waals surface area contributed by atoms with Crippen molar-refractivity contribution >= 4 is 11.6 Å². The first-order valence-electron chi connectivity index (χ1n) is 6.14. The summed E-state index contributed by atoms with van der Waals surface area (Å²) in [5, 5.41) is 3.77. The Bertz CT molecular complexity index is 431. The molecule has 6 heteroatoms. The second kappa shape index (κ2) is 6.50. The second-order valence-corrected chi connectivity index (χ2v) is 4.92. The van der Waals surface area contributed by atoms with Gasteiger partial charge in [-0.3, -0.25) is 0 Å². The highest BCUT2D eigenvalue weighted by molar-refractivity contribution is 6.30. The fourth-order valence-electron chi connectivity index (χ4n) is 2.14. The van der Waals surface area contributed by atoms with Crippen LogP contribution in [0.4, 0.5) is 8.78 Å². The molecule has 1 aliphatic rings. The minimum atomic E-state index is -2.84. The van der Waals surface area contributed by atoms with Crippen molar-refractivity contribution in [2.45, 2.75) is 38.6 Å². The Kier molecular flexibility index (Phi) is 4.96. The summed E-state index contributed by atoms with van der Waals surface area (Å²) in [4.78, 5) is 0. The molecular formula is C13H16ClF2NO2. The van der Waals surface area contributed by atoms with Crippen molar-refractivity contribution in [3.63, 3.8) is 0 Å². The smallest absolute Gasteiger partial charge is 0.387 e. The van der Waals surface area contributed by atoms with E-state index in [0.717, 1.165) is 13.0 Å². The van der Waals surface area contributed by atoms with Gasteiger partial charge < -0.3 is 14.8 Å². The molecule has 1 heterocycles. The number of ether oxygens (including phenoxy) is 2. The molecule has 0 aromatic heterocycles. The van der Waals surface area contributed by atoms with Gasteiger partial charge in [-0.05, 0) is 31.5 Å². The van der Waals surface area contributed by atoms with Crippen molar-refractivity contribution in [3.05, 3.63) is 28.8 Å². The van der Waals surface area contributed by atoms with Gasteiger partial charge in [-0.1, -0.05) is 11.6 Å². The topological polar surface area (TPSA) is 30.5 Å². The van der Waals surface area contributed by atoms with Crippen molar-refractivity contribution in [1.82, 2.24) is 5.32 Å². The Morgan fingerprint density at radius 1 is 1.53 bits per heavy atom. The van der Waals surface area contributed by atoms with Gasteiger partial charge in [0, 0.05) is 29.8 Å². The molecule has 1 aliphatic heterocycles. The Labute approximate surface area is 115 Å². The number of hydrogen-bond donors (Lipinski definition) is 1. The van der Waals surface area contributed by atoms with E-state index in [1.807, 2.05) is 6.92 Å². The zero-order valence-corrected chi connectivity index (χ0v) is 11.3. The molecule has 106 valence electrons. The number of rotatable bonds is 5. The summed E-state index contributed by atoms with van der Waals surface area (Å²) in [6.45, 7) is 0.281. The highest BCUT2D eigenvalue weighted by Crippen LogP contribution is 2.25. The second-order valence-electron chi connectivity index (χ2n) is 4.48. The Hall–Kier alpha value is -0.910. The normalized spacial score (nSPS) is 23.0. The third kappa shape index (κ3) is 4.03. The number of nitrogens with one attached hydrogen (secondary N) is 1. The number of halogens is 3. The molecule has 3 nitrogen and oxygen atoms in total. The maximum atomic E-state index is 12.3. The van der Waals surface area contributed by atoms with Crippen molar-refractivity contribution in [1.29, 1.82) is 0 Å². The lowest BCUT2D eigenvalue weighted by molar-refractivity contribution is -0.0505. The predicted octanol–water partition coefficient (Wildman–Crippen LogP) is 3.21. The summed E-state index contributed by atoms with van der Waals surface area (Å²) < 4.78 is 34.5. The van der Waals surface area contributed by atoms with Gasteiger partial charge in [0.25, 0.3) is 0 Å². The molecule has 1 fully saturated rings. The summed E-state index contributed by atoms with van der Waals surface area (Å²) >= 11 is 5.88. The van der Waals surface area contributed by atoms with Crippen LogP contribution in [0.1, 0.15) is 18.9 Å². The number of benzene rings is 1. The van der Waals surface area contributed by atoms with Gasteiger partial charge in [-0.2, -0.15) is 8.78 Å². The van der Waals surface area contributed by atoms with Crippen molar-refractivity contribution in [2.75, 3.05) is 6.61 Å². The molecule has 0 radical (unpaired) electrons. The quantitative estimate of drug-likeness (QED) is 0.903. The predicted molar refractivity (Wildman–Crippen MR) is 68.7 cm³/mol. The molecule has 0 spiro atoms. The van der Waals surface area contributed by atoms with Crippen LogP contribution in [0.25, 0.3) is 0 Å². The molecule has 1 aromatic rings. The van der Waals surface area contributed by atoms with Gasteiger partial charge in [0.05, 0.1) is 6.10 Å².